The Balaban J connectivity index is 1.77. The summed E-state index contributed by atoms with van der Waals surface area (Å²) in [7, 11) is 1.58. The summed E-state index contributed by atoms with van der Waals surface area (Å²) >= 11 is 0. The second kappa shape index (κ2) is 8.66. The second-order valence-electron chi connectivity index (χ2n) is 5.68. The smallest absolute Gasteiger partial charge is 0.258 e. The molecule has 2 aromatic carbocycles. The van der Waals surface area contributed by atoms with Gasteiger partial charge >= 0.3 is 0 Å². The number of ether oxygens (including phenoxy) is 2. The predicted octanol–water partition coefficient (Wildman–Crippen LogP) is 3.16. The third-order valence-electron chi connectivity index (χ3n) is 3.86. The Morgan fingerprint density at radius 3 is 2.58 bits per heavy atom. The minimum absolute atomic E-state index is 0.143. The van der Waals surface area contributed by atoms with E-state index in [0.717, 1.165) is 11.1 Å². The van der Waals surface area contributed by atoms with Crippen molar-refractivity contribution in [1.29, 1.82) is 0 Å². The summed E-state index contributed by atoms with van der Waals surface area (Å²) in [5.74, 6) is 0.440. The van der Waals surface area contributed by atoms with Gasteiger partial charge in [-0.15, -0.1) is 0 Å². The monoisotopic (exact) mass is 357 g/mol. The molecule has 26 heavy (non-hydrogen) atoms. The zero-order valence-corrected chi connectivity index (χ0v) is 14.4. The van der Waals surface area contributed by atoms with Crippen LogP contribution in [-0.4, -0.2) is 30.5 Å². The van der Waals surface area contributed by atoms with Crippen LogP contribution in [0, 0.1) is 5.82 Å². The summed E-state index contributed by atoms with van der Waals surface area (Å²) in [6.45, 7) is 1.47. The number of hydrogen-bond donors (Lipinski definition) is 1. The van der Waals surface area contributed by atoms with Crippen LogP contribution in [0.2, 0.25) is 0 Å². The lowest BCUT2D eigenvalue weighted by Gasteiger charge is -2.06. The predicted molar refractivity (Wildman–Crippen MR) is 94.6 cm³/mol. The molecule has 136 valence electrons. The fourth-order valence-electron chi connectivity index (χ4n) is 2.39. The molecule has 0 aliphatic carbocycles. The number of benzene rings is 2. The van der Waals surface area contributed by atoms with E-state index < -0.39 is 0 Å². The molecular formula is C19H20FN3O3. The van der Waals surface area contributed by atoms with E-state index in [-0.39, 0.29) is 12.4 Å². The first kappa shape index (κ1) is 18.2. The fraction of sp³-hybridized carbons (Fsp3) is 0.263. The van der Waals surface area contributed by atoms with Crippen molar-refractivity contribution in [3.63, 3.8) is 0 Å². The SMILES string of the molecule is COCCOCc1cc(-c2nc(-c3ccc(CN)cc3)no2)ccc1F. The fourth-order valence-corrected chi connectivity index (χ4v) is 2.39. The quantitative estimate of drug-likeness (QED) is 0.624. The van der Waals surface area contributed by atoms with E-state index in [2.05, 4.69) is 10.1 Å². The first-order chi connectivity index (χ1) is 12.7. The van der Waals surface area contributed by atoms with Gasteiger partial charge in [0, 0.05) is 30.3 Å². The van der Waals surface area contributed by atoms with Crippen LogP contribution < -0.4 is 5.73 Å². The summed E-state index contributed by atoms with van der Waals surface area (Å²) in [6, 6.07) is 12.2. The minimum Gasteiger partial charge on any atom is -0.382 e. The molecule has 1 aromatic heterocycles. The number of aromatic nitrogens is 2. The lowest BCUT2D eigenvalue weighted by Crippen LogP contribution is -2.03. The maximum Gasteiger partial charge on any atom is 0.258 e. The minimum atomic E-state index is -0.344. The number of methoxy groups -OCH3 is 1. The zero-order chi connectivity index (χ0) is 18.4. The highest BCUT2D eigenvalue weighted by Crippen LogP contribution is 2.24. The van der Waals surface area contributed by atoms with Crippen LogP contribution >= 0.6 is 0 Å². The number of nitrogens with zero attached hydrogens (tertiary/aromatic N) is 2. The number of rotatable bonds is 8. The van der Waals surface area contributed by atoms with E-state index >= 15 is 0 Å². The molecule has 0 aliphatic rings. The van der Waals surface area contributed by atoms with Gasteiger partial charge in [0.25, 0.3) is 5.89 Å². The molecule has 6 nitrogen and oxygen atoms in total. The molecule has 0 amide bonds. The second-order valence-corrected chi connectivity index (χ2v) is 5.68. The van der Waals surface area contributed by atoms with Gasteiger partial charge in [-0.05, 0) is 23.8 Å². The summed E-state index contributed by atoms with van der Waals surface area (Å²) in [5.41, 5.74) is 8.50. The van der Waals surface area contributed by atoms with Crippen molar-refractivity contribution in [2.45, 2.75) is 13.2 Å². The maximum atomic E-state index is 13.9. The maximum absolute atomic E-state index is 13.9. The Morgan fingerprint density at radius 1 is 1.08 bits per heavy atom. The normalized spacial score (nSPS) is 11.0. The third kappa shape index (κ3) is 4.32. The van der Waals surface area contributed by atoms with Crippen molar-refractivity contribution in [1.82, 2.24) is 10.1 Å². The molecule has 0 atom stereocenters. The van der Waals surface area contributed by atoms with Crippen LogP contribution in [0.4, 0.5) is 4.39 Å². The molecule has 3 rings (SSSR count). The van der Waals surface area contributed by atoms with Crippen molar-refractivity contribution >= 4 is 0 Å². The molecule has 0 fully saturated rings. The van der Waals surface area contributed by atoms with E-state index in [0.29, 0.717) is 42.6 Å². The average molecular weight is 357 g/mol. The third-order valence-corrected chi connectivity index (χ3v) is 3.86. The molecule has 0 aliphatic heterocycles. The lowest BCUT2D eigenvalue weighted by atomic mass is 10.1. The van der Waals surface area contributed by atoms with Crippen molar-refractivity contribution in [3.05, 3.63) is 59.4 Å². The molecule has 7 heteroatoms. The van der Waals surface area contributed by atoms with Gasteiger partial charge in [-0.1, -0.05) is 29.4 Å². The Labute approximate surface area is 150 Å². The van der Waals surface area contributed by atoms with Gasteiger partial charge in [0.05, 0.1) is 19.8 Å². The Kier molecular flexibility index (Phi) is 6.06. The van der Waals surface area contributed by atoms with Crippen LogP contribution in [0.1, 0.15) is 11.1 Å². The molecule has 3 aromatic rings. The topological polar surface area (TPSA) is 83.4 Å². The van der Waals surface area contributed by atoms with Crippen LogP contribution in [0.5, 0.6) is 0 Å². The molecule has 1 heterocycles. The van der Waals surface area contributed by atoms with Crippen molar-refractivity contribution in [2.75, 3.05) is 20.3 Å². The highest BCUT2D eigenvalue weighted by molar-refractivity contribution is 5.60. The van der Waals surface area contributed by atoms with Crippen molar-refractivity contribution in [2.24, 2.45) is 5.73 Å². The van der Waals surface area contributed by atoms with Gasteiger partial charge in [0.15, 0.2) is 0 Å². The molecule has 0 radical (unpaired) electrons. The first-order valence-electron chi connectivity index (χ1n) is 8.20. The molecule has 2 N–H and O–H groups in total. The van der Waals surface area contributed by atoms with Gasteiger partial charge in [0.2, 0.25) is 5.82 Å². The largest absolute Gasteiger partial charge is 0.382 e. The zero-order valence-electron chi connectivity index (χ0n) is 14.4. The highest BCUT2D eigenvalue weighted by Gasteiger charge is 2.13. The van der Waals surface area contributed by atoms with Crippen LogP contribution in [0.15, 0.2) is 47.0 Å². The van der Waals surface area contributed by atoms with Gasteiger partial charge in [-0.3, -0.25) is 0 Å². The van der Waals surface area contributed by atoms with Crippen LogP contribution in [-0.2, 0) is 22.6 Å². The van der Waals surface area contributed by atoms with E-state index in [1.807, 2.05) is 24.3 Å². The number of nitrogens with two attached hydrogens (primary N) is 1. The molecule has 0 spiro atoms. The van der Waals surface area contributed by atoms with Crippen LogP contribution in [0.25, 0.3) is 22.8 Å². The lowest BCUT2D eigenvalue weighted by molar-refractivity contribution is 0.0604. The number of halogens is 1. The van der Waals surface area contributed by atoms with E-state index in [9.17, 15) is 4.39 Å². The molecule has 0 saturated heterocycles. The van der Waals surface area contributed by atoms with E-state index in [1.165, 1.54) is 6.07 Å². The molecule has 0 saturated carbocycles. The van der Waals surface area contributed by atoms with Crippen molar-refractivity contribution < 1.29 is 18.4 Å². The van der Waals surface area contributed by atoms with Gasteiger partial charge in [0.1, 0.15) is 5.82 Å². The van der Waals surface area contributed by atoms with Crippen LogP contribution in [0.3, 0.4) is 0 Å². The standard InChI is InChI=1S/C19H20FN3O3/c1-24-8-9-25-12-16-10-15(6-7-17(16)20)19-22-18(23-26-19)14-4-2-13(11-21)3-5-14/h2-7,10H,8-9,11-12,21H2,1H3. The first-order valence-corrected chi connectivity index (χ1v) is 8.20. The molecule has 0 unspecified atom stereocenters. The molecular weight excluding hydrogens is 337 g/mol. The van der Waals surface area contributed by atoms with Gasteiger partial charge in [-0.2, -0.15) is 4.98 Å². The summed E-state index contributed by atoms with van der Waals surface area (Å²) in [4.78, 5) is 4.39. The summed E-state index contributed by atoms with van der Waals surface area (Å²) in [5, 5.41) is 4.00. The van der Waals surface area contributed by atoms with Gasteiger partial charge in [-0.25, -0.2) is 4.39 Å². The Morgan fingerprint density at radius 2 is 1.85 bits per heavy atom. The molecule has 0 bridgehead atoms. The van der Waals surface area contributed by atoms with Crippen molar-refractivity contribution in [3.8, 4) is 22.8 Å². The average Bonchev–Trinajstić information content (AvgIpc) is 3.17. The Hall–Kier alpha value is -2.61. The Bertz CT molecular complexity index is 849. The van der Waals surface area contributed by atoms with E-state index in [1.54, 1.807) is 19.2 Å². The summed E-state index contributed by atoms with van der Waals surface area (Å²) < 4.78 is 29.6. The number of hydrogen-bond acceptors (Lipinski definition) is 6. The highest BCUT2D eigenvalue weighted by atomic mass is 19.1. The van der Waals surface area contributed by atoms with Gasteiger partial charge < -0.3 is 19.7 Å². The summed E-state index contributed by atoms with van der Waals surface area (Å²) in [6.07, 6.45) is 0. The van der Waals surface area contributed by atoms with E-state index in [4.69, 9.17) is 19.7 Å².